The van der Waals surface area contributed by atoms with Gasteiger partial charge < -0.3 is 19.1 Å². The van der Waals surface area contributed by atoms with Crippen LogP contribution in [0.2, 0.25) is 5.02 Å². The quantitative estimate of drug-likeness (QED) is 0.241. The van der Waals surface area contributed by atoms with E-state index in [4.69, 9.17) is 25.6 Å². The fraction of sp³-hybridized carbons (Fsp3) is 0.258. The van der Waals surface area contributed by atoms with Crippen molar-refractivity contribution < 1.29 is 28.7 Å². The highest BCUT2D eigenvalue weighted by molar-refractivity contribution is 6.31. The molecule has 0 spiro atoms. The Kier molecular flexibility index (Phi) is 8.19. The zero-order chi connectivity index (χ0) is 28.2. The van der Waals surface area contributed by atoms with E-state index in [1.54, 1.807) is 19.9 Å². The Morgan fingerprint density at radius 3 is 2.35 bits per heavy atom. The minimum Gasteiger partial charge on any atom is -0.481 e. The first-order valence-electron chi connectivity index (χ1n) is 13.0. The first-order chi connectivity index (χ1) is 19.3. The third kappa shape index (κ3) is 5.88. The first kappa shape index (κ1) is 27.4. The molecule has 1 saturated heterocycles. The molecular formula is C31H29ClN2O6. The van der Waals surface area contributed by atoms with Gasteiger partial charge in [-0.1, -0.05) is 83.5 Å². The van der Waals surface area contributed by atoms with Gasteiger partial charge in [-0.2, -0.15) is 0 Å². The summed E-state index contributed by atoms with van der Waals surface area (Å²) in [5.41, 5.74) is 5.37. The summed E-state index contributed by atoms with van der Waals surface area (Å²) in [6.45, 7) is 4.29. The molecule has 1 aromatic heterocycles. The van der Waals surface area contributed by atoms with Gasteiger partial charge in [0.15, 0.2) is 5.76 Å². The number of carboxylic acid groups (broad SMARTS) is 1. The van der Waals surface area contributed by atoms with Gasteiger partial charge >= 0.3 is 12.1 Å². The number of aromatic nitrogens is 1. The van der Waals surface area contributed by atoms with Crippen molar-refractivity contribution in [3.8, 4) is 22.5 Å². The van der Waals surface area contributed by atoms with Crippen LogP contribution in [0, 0.1) is 12.8 Å². The zero-order valence-electron chi connectivity index (χ0n) is 22.1. The average Bonchev–Trinajstić information content (AvgIpc) is 3.32. The average molecular weight is 561 g/mol. The fourth-order valence-corrected chi connectivity index (χ4v) is 5.28. The molecule has 0 saturated carbocycles. The van der Waals surface area contributed by atoms with Crippen LogP contribution >= 0.6 is 11.6 Å². The summed E-state index contributed by atoms with van der Waals surface area (Å²) in [6.07, 6.45) is -0.513. The molecule has 9 heteroatoms. The van der Waals surface area contributed by atoms with Gasteiger partial charge in [0.2, 0.25) is 0 Å². The third-order valence-corrected chi connectivity index (χ3v) is 7.55. The summed E-state index contributed by atoms with van der Waals surface area (Å²) in [5, 5.41) is 16.9. The van der Waals surface area contributed by atoms with Gasteiger partial charge in [0.1, 0.15) is 17.5 Å². The number of carboxylic acids is 1. The van der Waals surface area contributed by atoms with E-state index in [0.717, 1.165) is 22.3 Å². The third-order valence-electron chi connectivity index (χ3n) is 7.21. The minimum absolute atomic E-state index is 0.0670. The van der Waals surface area contributed by atoms with Crippen LogP contribution in [0.3, 0.4) is 0 Å². The number of aryl methyl sites for hydroxylation is 1. The number of ether oxygens (including phenoxy) is 2. The number of carbonyl (C=O) groups is 2. The maximum absolute atomic E-state index is 12.7. The van der Waals surface area contributed by atoms with E-state index >= 15 is 0 Å². The maximum Gasteiger partial charge on any atom is 0.412 e. The molecule has 1 aliphatic heterocycles. The van der Waals surface area contributed by atoms with Crippen molar-refractivity contribution in [1.29, 1.82) is 0 Å². The van der Waals surface area contributed by atoms with Gasteiger partial charge in [-0.15, -0.1) is 0 Å². The molecule has 3 aromatic carbocycles. The molecule has 3 atom stereocenters. The van der Waals surface area contributed by atoms with E-state index in [1.165, 1.54) is 0 Å². The molecule has 2 N–H and O–H groups in total. The molecule has 8 nitrogen and oxygen atoms in total. The molecule has 40 heavy (non-hydrogen) atoms. The number of amides is 1. The SMILES string of the molecule is Cc1noc(-c2ccc(-c3ccc(C4CCOCC4C(=O)O)cc3)cc2)c1NC(=O)O[C@H](C)c1ccccc1Cl. The van der Waals surface area contributed by atoms with E-state index in [1.807, 2.05) is 66.7 Å². The van der Waals surface area contributed by atoms with Crippen LogP contribution in [0.4, 0.5) is 10.5 Å². The number of carbonyl (C=O) groups excluding carboxylic acids is 1. The lowest BCUT2D eigenvalue weighted by atomic mass is 9.82. The van der Waals surface area contributed by atoms with Crippen LogP contribution in [0.5, 0.6) is 0 Å². The summed E-state index contributed by atoms with van der Waals surface area (Å²) in [4.78, 5) is 24.3. The van der Waals surface area contributed by atoms with Crippen molar-refractivity contribution in [3.63, 3.8) is 0 Å². The normalized spacial score (nSPS) is 17.7. The van der Waals surface area contributed by atoms with Gasteiger partial charge in [-0.05, 0) is 43.0 Å². The number of hydrogen-bond donors (Lipinski definition) is 2. The monoisotopic (exact) mass is 560 g/mol. The number of nitrogens with zero attached hydrogens (tertiary/aromatic N) is 1. The lowest BCUT2D eigenvalue weighted by Gasteiger charge is -2.29. The molecule has 206 valence electrons. The van der Waals surface area contributed by atoms with Crippen LogP contribution < -0.4 is 5.32 Å². The van der Waals surface area contributed by atoms with Gasteiger partial charge in [0.05, 0.1) is 12.5 Å². The Bertz CT molecular complexity index is 1500. The Morgan fingerprint density at radius 1 is 1.02 bits per heavy atom. The van der Waals surface area contributed by atoms with E-state index in [-0.39, 0.29) is 12.5 Å². The number of aliphatic carboxylic acids is 1. The highest BCUT2D eigenvalue weighted by Gasteiger charge is 2.32. The lowest BCUT2D eigenvalue weighted by molar-refractivity contribution is -0.147. The number of hydrogen-bond acceptors (Lipinski definition) is 6. The van der Waals surface area contributed by atoms with Crippen molar-refractivity contribution in [3.05, 3.63) is 94.6 Å². The molecule has 1 amide bonds. The topological polar surface area (TPSA) is 111 Å². The summed E-state index contributed by atoms with van der Waals surface area (Å²) in [5.74, 6) is -1.02. The van der Waals surface area contributed by atoms with Crippen molar-refractivity contribution in [2.24, 2.45) is 5.92 Å². The van der Waals surface area contributed by atoms with Crippen molar-refractivity contribution >= 4 is 29.4 Å². The van der Waals surface area contributed by atoms with Gasteiger partial charge in [0.25, 0.3) is 0 Å². The molecular weight excluding hydrogens is 532 g/mol. The number of nitrogens with one attached hydrogen (secondary N) is 1. The van der Waals surface area contributed by atoms with Crippen molar-refractivity contribution in [2.75, 3.05) is 18.5 Å². The Hall–Kier alpha value is -4.14. The zero-order valence-corrected chi connectivity index (χ0v) is 22.9. The van der Waals surface area contributed by atoms with Crippen molar-refractivity contribution in [2.45, 2.75) is 32.3 Å². The fourth-order valence-electron chi connectivity index (χ4n) is 4.99. The van der Waals surface area contributed by atoms with E-state index in [2.05, 4.69) is 10.5 Å². The molecule has 5 rings (SSSR count). The standard InChI is InChI=1S/C31H29ClN2O6/c1-18-28(33-31(37)39-19(2)24-5-3-4-6-27(24)32)29(40-34-18)23-13-9-21(10-14-23)20-7-11-22(12-8-20)25-15-16-38-17-26(25)30(35)36/h3-14,19,25-26H,15-17H2,1-2H3,(H,33,37)(H,35,36)/t19-,25?,26?/m1/s1. The Balaban J connectivity index is 1.29. The predicted octanol–water partition coefficient (Wildman–Crippen LogP) is 7.48. The molecule has 0 aliphatic carbocycles. The van der Waals surface area contributed by atoms with Crippen LogP contribution in [0.15, 0.2) is 77.3 Å². The number of benzene rings is 3. The molecule has 2 heterocycles. The highest BCUT2D eigenvalue weighted by Crippen LogP contribution is 2.35. The Labute approximate surface area is 236 Å². The van der Waals surface area contributed by atoms with E-state index in [0.29, 0.717) is 40.8 Å². The van der Waals surface area contributed by atoms with Crippen molar-refractivity contribution in [1.82, 2.24) is 5.16 Å². The molecule has 1 aliphatic rings. The maximum atomic E-state index is 12.7. The highest BCUT2D eigenvalue weighted by atomic mass is 35.5. The Morgan fingerprint density at radius 2 is 1.68 bits per heavy atom. The minimum atomic E-state index is -0.829. The van der Waals surface area contributed by atoms with E-state index in [9.17, 15) is 14.7 Å². The van der Waals surface area contributed by atoms with Gasteiger partial charge in [-0.3, -0.25) is 10.1 Å². The van der Waals surface area contributed by atoms with Crippen LogP contribution in [-0.2, 0) is 14.3 Å². The summed E-state index contributed by atoms with van der Waals surface area (Å²) in [7, 11) is 0. The number of rotatable bonds is 7. The second-order valence-corrected chi connectivity index (χ2v) is 10.2. The number of halogens is 1. The molecule has 0 radical (unpaired) electrons. The second-order valence-electron chi connectivity index (χ2n) is 9.78. The van der Waals surface area contributed by atoms with Crippen LogP contribution in [0.1, 0.15) is 42.2 Å². The lowest BCUT2D eigenvalue weighted by Crippen LogP contribution is -2.32. The molecule has 4 aromatic rings. The van der Waals surface area contributed by atoms with Crippen LogP contribution in [0.25, 0.3) is 22.5 Å². The molecule has 1 fully saturated rings. The molecule has 2 unspecified atom stereocenters. The smallest absolute Gasteiger partial charge is 0.412 e. The largest absolute Gasteiger partial charge is 0.481 e. The van der Waals surface area contributed by atoms with E-state index < -0.39 is 24.1 Å². The summed E-state index contributed by atoms with van der Waals surface area (Å²) < 4.78 is 16.5. The second kappa shape index (κ2) is 11.9. The first-order valence-corrected chi connectivity index (χ1v) is 13.4. The van der Waals surface area contributed by atoms with Gasteiger partial charge in [0, 0.05) is 28.7 Å². The van der Waals surface area contributed by atoms with Crippen LogP contribution in [-0.4, -0.2) is 35.5 Å². The number of anilines is 1. The predicted molar refractivity (Wildman–Crippen MR) is 151 cm³/mol. The van der Waals surface area contributed by atoms with Gasteiger partial charge in [-0.25, -0.2) is 4.79 Å². The summed E-state index contributed by atoms with van der Waals surface area (Å²) >= 11 is 6.23. The molecule has 0 bridgehead atoms. The summed E-state index contributed by atoms with van der Waals surface area (Å²) in [6, 6.07) is 22.9.